The molecule has 0 heterocycles. The molecule has 0 radical (unpaired) electrons. The molecule has 0 aliphatic carbocycles. The lowest BCUT2D eigenvalue weighted by molar-refractivity contribution is 0.283. The summed E-state index contributed by atoms with van der Waals surface area (Å²) in [5.41, 5.74) is 0. The Kier molecular flexibility index (Phi) is 11.9. The summed E-state index contributed by atoms with van der Waals surface area (Å²) in [4.78, 5) is 0. The summed E-state index contributed by atoms with van der Waals surface area (Å²) in [5, 5.41) is 15.4. The second-order valence-corrected chi connectivity index (χ2v) is 4.49. The van der Waals surface area contributed by atoms with E-state index in [1.54, 1.807) is 0 Å². The fourth-order valence-corrected chi connectivity index (χ4v) is 1.39. The molecular formula is C12H28N2O. The molecule has 3 N–H and O–H groups in total. The van der Waals surface area contributed by atoms with Gasteiger partial charge in [-0.1, -0.05) is 13.8 Å². The zero-order valence-electron chi connectivity index (χ0n) is 10.4. The molecule has 3 heteroatoms. The second-order valence-electron chi connectivity index (χ2n) is 4.49. The van der Waals surface area contributed by atoms with Crippen LogP contribution >= 0.6 is 0 Å². The summed E-state index contributed by atoms with van der Waals surface area (Å²) in [5.74, 6) is 0.747. The quantitative estimate of drug-likeness (QED) is 0.457. The molecule has 0 atom stereocenters. The van der Waals surface area contributed by atoms with Gasteiger partial charge < -0.3 is 15.7 Å². The van der Waals surface area contributed by atoms with Crippen LogP contribution in [-0.4, -0.2) is 37.9 Å². The standard InChI is InChI=1S/C12H28N2O/c1-12(2)11-14-9-6-8-13-7-4-3-5-10-15/h12-15H,3-11H2,1-2H3. The summed E-state index contributed by atoms with van der Waals surface area (Å²) in [6, 6.07) is 0. The van der Waals surface area contributed by atoms with Crippen LogP contribution in [0.15, 0.2) is 0 Å². The SMILES string of the molecule is CC(C)CNCCCNCCCCCO. The van der Waals surface area contributed by atoms with Gasteiger partial charge in [-0.15, -0.1) is 0 Å². The van der Waals surface area contributed by atoms with Crippen LogP contribution in [0.25, 0.3) is 0 Å². The predicted molar refractivity (Wildman–Crippen MR) is 66.1 cm³/mol. The van der Waals surface area contributed by atoms with E-state index in [1.165, 1.54) is 12.8 Å². The number of rotatable bonds is 11. The van der Waals surface area contributed by atoms with Crippen molar-refractivity contribution in [2.45, 2.75) is 39.5 Å². The van der Waals surface area contributed by atoms with E-state index >= 15 is 0 Å². The van der Waals surface area contributed by atoms with Gasteiger partial charge >= 0.3 is 0 Å². The predicted octanol–water partition coefficient (Wildman–Crippen LogP) is 1.37. The highest BCUT2D eigenvalue weighted by Gasteiger charge is 1.92. The van der Waals surface area contributed by atoms with E-state index in [2.05, 4.69) is 24.5 Å². The van der Waals surface area contributed by atoms with Crippen LogP contribution in [0.4, 0.5) is 0 Å². The molecule has 0 aliphatic heterocycles. The topological polar surface area (TPSA) is 44.3 Å². The minimum absolute atomic E-state index is 0.332. The Morgan fingerprint density at radius 2 is 1.53 bits per heavy atom. The van der Waals surface area contributed by atoms with Gasteiger partial charge in [0.2, 0.25) is 0 Å². The van der Waals surface area contributed by atoms with Crippen LogP contribution in [0.2, 0.25) is 0 Å². The number of hydrogen-bond acceptors (Lipinski definition) is 3. The molecule has 0 aliphatic rings. The van der Waals surface area contributed by atoms with Crippen LogP contribution in [0.5, 0.6) is 0 Å². The van der Waals surface area contributed by atoms with Gasteiger partial charge in [-0.2, -0.15) is 0 Å². The van der Waals surface area contributed by atoms with Crippen LogP contribution in [-0.2, 0) is 0 Å². The highest BCUT2D eigenvalue weighted by atomic mass is 16.2. The fraction of sp³-hybridized carbons (Fsp3) is 1.00. The minimum Gasteiger partial charge on any atom is -0.396 e. The number of aliphatic hydroxyl groups excluding tert-OH is 1. The molecule has 0 rings (SSSR count). The first kappa shape index (κ1) is 14.9. The normalized spacial score (nSPS) is 11.2. The molecule has 0 aromatic heterocycles. The summed E-state index contributed by atoms with van der Waals surface area (Å²) in [6.07, 6.45) is 4.46. The van der Waals surface area contributed by atoms with Crippen LogP contribution < -0.4 is 10.6 Å². The first-order valence-corrected chi connectivity index (χ1v) is 6.29. The number of aliphatic hydroxyl groups is 1. The molecule has 0 aromatic carbocycles. The summed E-state index contributed by atoms with van der Waals surface area (Å²) < 4.78 is 0. The van der Waals surface area contributed by atoms with E-state index in [1.807, 2.05) is 0 Å². The third kappa shape index (κ3) is 13.9. The summed E-state index contributed by atoms with van der Waals surface area (Å²) >= 11 is 0. The third-order valence-corrected chi connectivity index (χ3v) is 2.27. The number of hydrogen-bond donors (Lipinski definition) is 3. The number of nitrogens with one attached hydrogen (secondary N) is 2. The van der Waals surface area contributed by atoms with E-state index in [4.69, 9.17) is 5.11 Å². The first-order valence-electron chi connectivity index (χ1n) is 6.29. The lowest BCUT2D eigenvalue weighted by atomic mass is 10.2. The second kappa shape index (κ2) is 12.0. The maximum Gasteiger partial charge on any atom is 0.0431 e. The van der Waals surface area contributed by atoms with Crippen molar-refractivity contribution in [3.05, 3.63) is 0 Å². The molecule has 0 saturated carbocycles. The van der Waals surface area contributed by atoms with Gasteiger partial charge in [0.1, 0.15) is 0 Å². The van der Waals surface area contributed by atoms with Crippen molar-refractivity contribution < 1.29 is 5.11 Å². The molecule has 0 aromatic rings. The van der Waals surface area contributed by atoms with Gasteiger partial charge in [0.05, 0.1) is 0 Å². The Labute approximate surface area is 94.6 Å². The van der Waals surface area contributed by atoms with Crippen molar-refractivity contribution in [1.29, 1.82) is 0 Å². The third-order valence-electron chi connectivity index (χ3n) is 2.27. The lowest BCUT2D eigenvalue weighted by Crippen LogP contribution is -2.25. The van der Waals surface area contributed by atoms with Crippen LogP contribution in [0, 0.1) is 5.92 Å². The molecule has 0 saturated heterocycles. The molecule has 3 nitrogen and oxygen atoms in total. The van der Waals surface area contributed by atoms with Crippen molar-refractivity contribution in [3.63, 3.8) is 0 Å². The molecule has 92 valence electrons. The molecular weight excluding hydrogens is 188 g/mol. The smallest absolute Gasteiger partial charge is 0.0431 e. The summed E-state index contributed by atoms with van der Waals surface area (Å²) in [6.45, 7) is 9.21. The van der Waals surface area contributed by atoms with Gasteiger partial charge in [0, 0.05) is 6.61 Å². The Bertz CT molecular complexity index is 118. The van der Waals surface area contributed by atoms with Crippen molar-refractivity contribution in [3.8, 4) is 0 Å². The average molecular weight is 216 g/mol. The highest BCUT2D eigenvalue weighted by molar-refractivity contribution is 4.54. The van der Waals surface area contributed by atoms with Gasteiger partial charge in [-0.05, 0) is 57.8 Å². The summed E-state index contributed by atoms with van der Waals surface area (Å²) in [7, 11) is 0. The largest absolute Gasteiger partial charge is 0.396 e. The maximum absolute atomic E-state index is 8.58. The minimum atomic E-state index is 0.332. The Morgan fingerprint density at radius 3 is 2.20 bits per heavy atom. The van der Waals surface area contributed by atoms with E-state index in [0.29, 0.717) is 6.61 Å². The highest BCUT2D eigenvalue weighted by Crippen LogP contribution is 1.91. The van der Waals surface area contributed by atoms with Crippen LogP contribution in [0.3, 0.4) is 0 Å². The van der Waals surface area contributed by atoms with Crippen molar-refractivity contribution in [2.75, 3.05) is 32.8 Å². The first-order chi connectivity index (χ1) is 7.27. The number of unbranched alkanes of at least 4 members (excludes halogenated alkanes) is 2. The monoisotopic (exact) mass is 216 g/mol. The van der Waals surface area contributed by atoms with Crippen molar-refractivity contribution in [2.24, 2.45) is 5.92 Å². The molecule has 0 bridgehead atoms. The van der Waals surface area contributed by atoms with Gasteiger partial charge in [0.25, 0.3) is 0 Å². The molecule has 0 amide bonds. The molecule has 15 heavy (non-hydrogen) atoms. The Hall–Kier alpha value is -0.120. The van der Waals surface area contributed by atoms with E-state index in [0.717, 1.165) is 44.9 Å². The van der Waals surface area contributed by atoms with Gasteiger partial charge in [-0.3, -0.25) is 0 Å². The van der Waals surface area contributed by atoms with Gasteiger partial charge in [0.15, 0.2) is 0 Å². The van der Waals surface area contributed by atoms with Gasteiger partial charge in [-0.25, -0.2) is 0 Å². The zero-order chi connectivity index (χ0) is 11.4. The van der Waals surface area contributed by atoms with Crippen molar-refractivity contribution >= 4 is 0 Å². The van der Waals surface area contributed by atoms with E-state index < -0.39 is 0 Å². The molecule has 0 unspecified atom stereocenters. The zero-order valence-corrected chi connectivity index (χ0v) is 10.4. The van der Waals surface area contributed by atoms with E-state index in [-0.39, 0.29) is 0 Å². The Morgan fingerprint density at radius 1 is 0.867 bits per heavy atom. The maximum atomic E-state index is 8.58. The lowest BCUT2D eigenvalue weighted by Gasteiger charge is -2.07. The Balaban J connectivity index is 2.87. The fourth-order valence-electron chi connectivity index (χ4n) is 1.39. The van der Waals surface area contributed by atoms with Crippen LogP contribution in [0.1, 0.15) is 39.5 Å². The van der Waals surface area contributed by atoms with E-state index in [9.17, 15) is 0 Å². The molecule has 0 fully saturated rings. The molecule has 0 spiro atoms. The van der Waals surface area contributed by atoms with Crippen molar-refractivity contribution in [1.82, 2.24) is 10.6 Å². The average Bonchev–Trinajstić information content (AvgIpc) is 2.20.